The summed E-state index contributed by atoms with van der Waals surface area (Å²) in [6.07, 6.45) is 1.33. The Labute approximate surface area is 442 Å². The molecule has 9 N–H and O–H groups in total. The molecular weight excluding hydrogens is 1020 g/mol. The Bertz CT molecular complexity index is 3260. The van der Waals surface area contributed by atoms with Crippen LogP contribution in [0.1, 0.15) is 71.7 Å². The standard InChI is InChI=1S/C52H55FN10O15/c1-4-52(76)31-15-36-46-29(22-62(36)50(74)30(31)23-77-51(52)75)45-33(11-10-28-25(2)32(53)16-34(60-46)44(28)45)61-47(71)26(3)78-24-58-39(65)19-56-48(72)35(14-27-8-6-5-7-9-27)59-40(66)20-55-38(64)18-57-49(73)37(17-54-21-43(69)70)63-41(67)12-13-42(63)68/h5-9,12-13,15-16,26,33,35,37,54,76H,4,10-11,14,17-24H2,1-3H3,(H,55,64)(H,56,72)(H,57,73)(H,58,65)(H,59,66)(H,61,71)(H,69,70)/t26-,33+,35+,37+,52+/m1/s1. The van der Waals surface area contributed by atoms with Gasteiger partial charge in [0, 0.05) is 47.7 Å². The second-order valence-corrected chi connectivity index (χ2v) is 18.9. The molecule has 3 aliphatic heterocycles. The van der Waals surface area contributed by atoms with E-state index in [1.54, 1.807) is 50.2 Å². The molecule has 0 saturated carbocycles. The third-order valence-electron chi connectivity index (χ3n) is 14.0. The van der Waals surface area contributed by atoms with Gasteiger partial charge in [-0.15, -0.1) is 0 Å². The number of hydrogen-bond donors (Lipinski definition) is 9. The zero-order valence-corrected chi connectivity index (χ0v) is 42.4. The number of esters is 1. The molecule has 78 heavy (non-hydrogen) atoms. The van der Waals surface area contributed by atoms with E-state index >= 15 is 4.39 Å². The molecule has 1 aliphatic carbocycles. The fraction of sp³-hybridized carbons (Fsp3) is 0.385. The first-order valence-electron chi connectivity index (χ1n) is 24.8. The Morgan fingerprint density at radius 2 is 1.55 bits per heavy atom. The van der Waals surface area contributed by atoms with Gasteiger partial charge in [0.2, 0.25) is 35.4 Å². The summed E-state index contributed by atoms with van der Waals surface area (Å²) in [6, 6.07) is 7.96. The number of rotatable bonds is 22. The van der Waals surface area contributed by atoms with Gasteiger partial charge in [-0.05, 0) is 61.4 Å². The number of fused-ring (bicyclic) bond motifs is 5. The van der Waals surface area contributed by atoms with Crippen LogP contribution in [0.4, 0.5) is 4.39 Å². The number of aliphatic hydroxyl groups is 1. The van der Waals surface area contributed by atoms with Crippen LogP contribution < -0.4 is 42.8 Å². The molecule has 2 aromatic heterocycles. The molecule has 2 aromatic carbocycles. The van der Waals surface area contributed by atoms with E-state index in [4.69, 9.17) is 19.6 Å². The average molecular weight is 1080 g/mol. The van der Waals surface area contributed by atoms with Gasteiger partial charge in [-0.25, -0.2) is 14.2 Å². The summed E-state index contributed by atoms with van der Waals surface area (Å²) in [4.78, 5) is 147. The predicted molar refractivity (Wildman–Crippen MR) is 268 cm³/mol. The number of carbonyl (C=O) groups is 10. The van der Waals surface area contributed by atoms with E-state index in [0.717, 1.165) is 12.2 Å². The number of aliphatic carboxylic acids is 1. The zero-order valence-electron chi connectivity index (χ0n) is 42.4. The van der Waals surface area contributed by atoms with Gasteiger partial charge < -0.3 is 61.5 Å². The number of nitrogens with one attached hydrogen (secondary N) is 7. The number of amides is 8. The number of carboxylic acids is 1. The smallest absolute Gasteiger partial charge is 0.343 e. The molecule has 4 aromatic rings. The Balaban J connectivity index is 0.848. The molecular formula is C52H55FN10O15. The van der Waals surface area contributed by atoms with Crippen molar-refractivity contribution < 1.29 is 72.0 Å². The third-order valence-corrected chi connectivity index (χ3v) is 14.0. The Morgan fingerprint density at radius 3 is 2.24 bits per heavy atom. The van der Waals surface area contributed by atoms with Crippen molar-refractivity contribution in [2.75, 3.05) is 39.5 Å². The molecule has 0 fully saturated rings. The third kappa shape index (κ3) is 11.5. The summed E-state index contributed by atoms with van der Waals surface area (Å²) >= 11 is 0. The van der Waals surface area contributed by atoms with Gasteiger partial charge in [-0.2, -0.15) is 0 Å². The van der Waals surface area contributed by atoms with E-state index in [-0.39, 0.29) is 42.6 Å². The first-order valence-corrected chi connectivity index (χ1v) is 24.8. The Kier molecular flexibility index (Phi) is 16.5. The maximum absolute atomic E-state index is 15.4. The zero-order chi connectivity index (χ0) is 56.2. The van der Waals surface area contributed by atoms with Crippen LogP contribution in [0.15, 0.2) is 59.4 Å². The topological polar surface area (TPSA) is 352 Å². The highest BCUT2D eigenvalue weighted by Crippen LogP contribution is 2.46. The van der Waals surface area contributed by atoms with E-state index in [1.807, 2.05) is 0 Å². The summed E-state index contributed by atoms with van der Waals surface area (Å²) in [7, 11) is 0. The predicted octanol–water partition coefficient (Wildman–Crippen LogP) is -1.85. The van der Waals surface area contributed by atoms with Crippen LogP contribution in [-0.4, -0.2) is 142 Å². The molecule has 25 nitrogen and oxygen atoms in total. The van der Waals surface area contributed by atoms with Gasteiger partial charge >= 0.3 is 11.9 Å². The van der Waals surface area contributed by atoms with E-state index in [2.05, 4.69) is 37.2 Å². The molecule has 0 saturated heterocycles. The van der Waals surface area contributed by atoms with Crippen LogP contribution in [0.2, 0.25) is 0 Å². The normalized spacial score (nSPS) is 17.9. The number of aromatic nitrogens is 2. The van der Waals surface area contributed by atoms with Crippen LogP contribution in [0.5, 0.6) is 0 Å². The summed E-state index contributed by atoms with van der Waals surface area (Å²) < 4.78 is 27.8. The molecule has 26 heteroatoms. The molecule has 0 unspecified atom stereocenters. The number of aryl methyl sites for hydroxylation is 1. The Morgan fingerprint density at radius 1 is 0.872 bits per heavy atom. The quantitative estimate of drug-likeness (QED) is 0.0209. The second kappa shape index (κ2) is 23.2. The van der Waals surface area contributed by atoms with Crippen molar-refractivity contribution in [1.82, 2.24) is 51.7 Å². The molecule has 5 atom stereocenters. The SMILES string of the molecule is CC[C@@]1(O)C(=O)OCc2c1cc1n(c2=O)Cc2c-1nc1cc(F)c(C)c3c1c2[C@@H](NC(=O)[C@@H](C)OCNC(=O)CNC(=O)[C@H](Cc1ccccc1)NC(=O)CNC(=O)CNC(=O)[C@H](CNCC(=O)O)N1C(=O)C=CC1=O)CC3. The van der Waals surface area contributed by atoms with Crippen LogP contribution >= 0.6 is 0 Å². The van der Waals surface area contributed by atoms with Crippen LogP contribution in [0.3, 0.4) is 0 Å². The van der Waals surface area contributed by atoms with Gasteiger partial charge in [-0.1, -0.05) is 37.3 Å². The first-order chi connectivity index (χ1) is 37.2. The van der Waals surface area contributed by atoms with E-state index in [0.29, 0.717) is 62.3 Å². The van der Waals surface area contributed by atoms with Crippen molar-refractivity contribution in [3.05, 3.63) is 110 Å². The number of ether oxygens (including phenoxy) is 2. The van der Waals surface area contributed by atoms with E-state index in [9.17, 15) is 57.8 Å². The van der Waals surface area contributed by atoms with Gasteiger partial charge in [0.1, 0.15) is 37.3 Å². The number of hydrogen-bond acceptors (Lipinski definition) is 16. The van der Waals surface area contributed by atoms with Crippen LogP contribution in [0.25, 0.3) is 22.3 Å². The minimum absolute atomic E-state index is 0.0285. The maximum atomic E-state index is 15.4. The fourth-order valence-electron chi connectivity index (χ4n) is 9.83. The lowest BCUT2D eigenvalue weighted by Gasteiger charge is -2.31. The number of imide groups is 1. The maximum Gasteiger partial charge on any atom is 0.343 e. The van der Waals surface area contributed by atoms with Crippen LogP contribution in [0, 0.1) is 12.7 Å². The first kappa shape index (κ1) is 55.5. The largest absolute Gasteiger partial charge is 0.480 e. The minimum atomic E-state index is -2.07. The van der Waals surface area contributed by atoms with E-state index < -0.39 is 140 Å². The molecule has 8 rings (SSSR count). The highest BCUT2D eigenvalue weighted by Gasteiger charge is 2.46. The number of nitrogens with zero attached hydrogens (tertiary/aromatic N) is 3. The lowest BCUT2D eigenvalue weighted by molar-refractivity contribution is -0.172. The van der Waals surface area contributed by atoms with Crippen molar-refractivity contribution in [1.29, 1.82) is 0 Å². The van der Waals surface area contributed by atoms with Crippen molar-refractivity contribution >= 4 is 70.1 Å². The number of carbonyl (C=O) groups excluding carboxylic acids is 9. The van der Waals surface area contributed by atoms with Crippen molar-refractivity contribution in [3.63, 3.8) is 0 Å². The Hall–Kier alpha value is -8.75. The van der Waals surface area contributed by atoms with Gasteiger partial charge in [0.05, 0.1) is 61.2 Å². The van der Waals surface area contributed by atoms with Crippen molar-refractivity contribution in [2.45, 2.75) is 89.4 Å². The summed E-state index contributed by atoms with van der Waals surface area (Å²) in [6.45, 7) is 0.932. The number of carboxylic acid groups (broad SMARTS) is 1. The monoisotopic (exact) mass is 1080 g/mol. The van der Waals surface area contributed by atoms with Gasteiger partial charge in [0.15, 0.2) is 5.60 Å². The molecule has 8 amide bonds. The molecule has 5 heterocycles. The number of cyclic esters (lactones) is 1. The highest BCUT2D eigenvalue weighted by atomic mass is 19.1. The van der Waals surface area contributed by atoms with Crippen molar-refractivity contribution in [3.8, 4) is 11.4 Å². The lowest BCUT2D eigenvalue weighted by atomic mass is 9.81. The molecule has 0 spiro atoms. The second-order valence-electron chi connectivity index (χ2n) is 18.9. The number of benzene rings is 2. The van der Waals surface area contributed by atoms with Gasteiger partial charge in [-0.3, -0.25) is 52.8 Å². The summed E-state index contributed by atoms with van der Waals surface area (Å²) in [5.41, 5.74) is 1.58. The summed E-state index contributed by atoms with van der Waals surface area (Å²) in [5, 5.41) is 38.4. The number of halogens is 1. The van der Waals surface area contributed by atoms with Crippen molar-refractivity contribution in [2.24, 2.45) is 0 Å². The fourth-order valence-corrected chi connectivity index (χ4v) is 9.83. The minimum Gasteiger partial charge on any atom is -0.480 e. The average Bonchev–Trinajstić information content (AvgIpc) is 4.15. The molecule has 4 aliphatic rings. The highest BCUT2D eigenvalue weighted by molar-refractivity contribution is 6.15. The van der Waals surface area contributed by atoms with Crippen LogP contribution in [-0.2, 0) is 89.0 Å². The molecule has 0 bridgehead atoms. The summed E-state index contributed by atoms with van der Waals surface area (Å²) in [5.74, 6) is -9.02. The molecule has 410 valence electrons. The number of pyridine rings is 2. The van der Waals surface area contributed by atoms with E-state index in [1.165, 1.54) is 17.6 Å². The van der Waals surface area contributed by atoms with Gasteiger partial charge in [0.25, 0.3) is 17.4 Å². The molecule has 0 radical (unpaired) electrons. The lowest BCUT2D eigenvalue weighted by Crippen LogP contribution is -2.56.